The van der Waals surface area contributed by atoms with Crippen molar-refractivity contribution in [1.82, 2.24) is 4.57 Å². The fraction of sp³-hybridized carbons (Fsp3) is 0.105. The van der Waals surface area contributed by atoms with Crippen LogP contribution in [0.25, 0.3) is 10.9 Å². The van der Waals surface area contributed by atoms with E-state index >= 15 is 0 Å². The van der Waals surface area contributed by atoms with Crippen molar-refractivity contribution < 1.29 is 4.79 Å². The Morgan fingerprint density at radius 1 is 1.05 bits per heavy atom. The number of ketones is 1. The van der Waals surface area contributed by atoms with E-state index < -0.39 is 0 Å². The summed E-state index contributed by atoms with van der Waals surface area (Å²) in [4.78, 5) is 12.3. The Hall–Kier alpha value is -2.79. The van der Waals surface area contributed by atoms with Gasteiger partial charge in [-0.3, -0.25) is 4.79 Å². The molecule has 0 radical (unpaired) electrons. The molecule has 0 bridgehead atoms. The van der Waals surface area contributed by atoms with Gasteiger partial charge in [0, 0.05) is 23.5 Å². The lowest BCUT2D eigenvalue weighted by Crippen LogP contribution is -2.03. The summed E-state index contributed by atoms with van der Waals surface area (Å²) in [6.45, 7) is 2.04. The number of aryl methyl sites for hydroxylation is 2. The molecular weight excluding hydrogens is 258 g/mol. The largest absolute Gasteiger partial charge is 0.340 e. The van der Waals surface area contributed by atoms with Crippen molar-refractivity contribution in [2.75, 3.05) is 0 Å². The molecule has 2 aromatic carbocycles. The van der Waals surface area contributed by atoms with E-state index in [-0.39, 0.29) is 5.78 Å². The second-order valence-electron chi connectivity index (χ2n) is 5.10. The van der Waals surface area contributed by atoms with Gasteiger partial charge in [0.1, 0.15) is 0 Å². The Kier molecular flexibility index (Phi) is 3.33. The molecular formula is C19H15NO. The van der Waals surface area contributed by atoms with Crippen LogP contribution in [0, 0.1) is 18.8 Å². The predicted molar refractivity (Wildman–Crippen MR) is 85.3 cm³/mol. The zero-order valence-corrected chi connectivity index (χ0v) is 12.1. The first-order valence-corrected chi connectivity index (χ1v) is 6.82. The number of carbonyl (C=O) groups is 1. The molecule has 0 spiro atoms. The lowest BCUT2D eigenvalue weighted by molar-refractivity contribution is 0.104. The summed E-state index contributed by atoms with van der Waals surface area (Å²) in [6, 6.07) is 17.6. The van der Waals surface area contributed by atoms with E-state index in [2.05, 4.69) is 17.9 Å². The molecule has 2 heteroatoms. The van der Waals surface area contributed by atoms with Gasteiger partial charge in [0.2, 0.25) is 0 Å². The van der Waals surface area contributed by atoms with E-state index in [0.29, 0.717) is 5.69 Å². The predicted octanol–water partition coefficient (Wildman–Crippen LogP) is 3.72. The average Bonchev–Trinajstić information content (AvgIpc) is 2.83. The van der Waals surface area contributed by atoms with E-state index in [1.165, 1.54) is 5.56 Å². The summed E-state index contributed by atoms with van der Waals surface area (Å²) in [7, 11) is 1.90. The number of fused-ring (bicyclic) bond motifs is 1. The van der Waals surface area contributed by atoms with Gasteiger partial charge < -0.3 is 4.57 Å². The first-order chi connectivity index (χ1) is 10.1. The second-order valence-corrected chi connectivity index (χ2v) is 5.10. The molecule has 1 aromatic heterocycles. The number of rotatable bonds is 1. The minimum absolute atomic E-state index is 0.157. The maximum Gasteiger partial charge on any atom is 0.252 e. The molecule has 3 rings (SSSR count). The normalized spacial score (nSPS) is 10.2. The fourth-order valence-electron chi connectivity index (χ4n) is 2.37. The molecule has 0 saturated heterocycles. The number of hydrogen-bond donors (Lipinski definition) is 0. The number of Topliss-reactive ketones (excluding diaryl/α,β-unsaturated/α-hetero) is 1. The number of nitrogens with zero attached hydrogens (tertiary/aromatic N) is 1. The maximum atomic E-state index is 12.3. The first kappa shape index (κ1) is 13.2. The molecule has 3 aromatic rings. The van der Waals surface area contributed by atoms with Gasteiger partial charge in [-0.25, -0.2) is 0 Å². The average molecular weight is 273 g/mol. The zero-order chi connectivity index (χ0) is 14.8. The van der Waals surface area contributed by atoms with Gasteiger partial charge in [0.15, 0.2) is 0 Å². The highest BCUT2D eigenvalue weighted by Crippen LogP contribution is 2.20. The van der Waals surface area contributed by atoms with Crippen molar-refractivity contribution in [3.8, 4) is 11.8 Å². The van der Waals surface area contributed by atoms with Crippen LogP contribution in [0.5, 0.6) is 0 Å². The highest BCUT2D eigenvalue weighted by molar-refractivity contribution is 6.10. The molecule has 21 heavy (non-hydrogen) atoms. The molecule has 1 heterocycles. The van der Waals surface area contributed by atoms with E-state index in [9.17, 15) is 4.79 Å². The van der Waals surface area contributed by atoms with Crippen LogP contribution in [-0.2, 0) is 7.05 Å². The maximum absolute atomic E-state index is 12.3. The van der Waals surface area contributed by atoms with E-state index in [1.807, 2.05) is 67.1 Å². The van der Waals surface area contributed by atoms with Crippen molar-refractivity contribution in [1.29, 1.82) is 0 Å². The van der Waals surface area contributed by atoms with Crippen LogP contribution >= 0.6 is 0 Å². The van der Waals surface area contributed by atoms with Gasteiger partial charge in [-0.1, -0.05) is 36.3 Å². The van der Waals surface area contributed by atoms with Gasteiger partial charge >= 0.3 is 0 Å². The SMILES string of the molecule is Cc1ccc2cc(C(=O)C#Cc3ccccc3)n(C)c2c1. The standard InChI is InChI=1S/C19H15NO/c1-14-8-10-16-13-18(20(2)17(16)12-14)19(21)11-9-15-6-4-3-5-7-15/h3-8,10,12-13H,1-2H3. The van der Waals surface area contributed by atoms with Crippen LogP contribution in [0.15, 0.2) is 54.6 Å². The third-order valence-electron chi connectivity index (χ3n) is 3.53. The lowest BCUT2D eigenvalue weighted by Gasteiger charge is -2.00. The molecule has 0 aliphatic carbocycles. The summed E-state index contributed by atoms with van der Waals surface area (Å²) in [5.74, 6) is 5.48. The van der Waals surface area contributed by atoms with Gasteiger partial charge in [-0.2, -0.15) is 0 Å². The molecule has 0 aliphatic heterocycles. The van der Waals surface area contributed by atoms with Crippen molar-refractivity contribution in [3.05, 3.63) is 71.4 Å². The van der Waals surface area contributed by atoms with Crippen LogP contribution in [0.2, 0.25) is 0 Å². The van der Waals surface area contributed by atoms with Crippen molar-refractivity contribution >= 4 is 16.7 Å². The fourth-order valence-corrected chi connectivity index (χ4v) is 2.37. The summed E-state index contributed by atoms with van der Waals surface area (Å²) < 4.78 is 1.91. The summed E-state index contributed by atoms with van der Waals surface area (Å²) in [6.07, 6.45) is 0. The summed E-state index contributed by atoms with van der Waals surface area (Å²) >= 11 is 0. The Bertz CT molecular complexity index is 876. The van der Waals surface area contributed by atoms with Crippen LogP contribution in [0.3, 0.4) is 0 Å². The highest BCUT2D eigenvalue weighted by atomic mass is 16.1. The molecule has 102 valence electrons. The third kappa shape index (κ3) is 2.59. The first-order valence-electron chi connectivity index (χ1n) is 6.82. The summed E-state index contributed by atoms with van der Waals surface area (Å²) in [5, 5.41) is 1.06. The smallest absolute Gasteiger partial charge is 0.252 e. The van der Waals surface area contributed by atoms with Crippen LogP contribution < -0.4 is 0 Å². The highest BCUT2D eigenvalue weighted by Gasteiger charge is 2.11. The number of carbonyl (C=O) groups excluding carboxylic acids is 1. The van der Waals surface area contributed by atoms with E-state index in [4.69, 9.17) is 0 Å². The van der Waals surface area contributed by atoms with Gasteiger partial charge in [0.05, 0.1) is 5.69 Å². The molecule has 0 unspecified atom stereocenters. The van der Waals surface area contributed by atoms with Crippen molar-refractivity contribution in [2.45, 2.75) is 6.92 Å². The Morgan fingerprint density at radius 2 is 1.81 bits per heavy atom. The quantitative estimate of drug-likeness (QED) is 0.489. The lowest BCUT2D eigenvalue weighted by atomic mass is 10.2. The molecule has 0 fully saturated rings. The van der Waals surface area contributed by atoms with Gasteiger partial charge in [-0.15, -0.1) is 0 Å². The molecule has 0 N–H and O–H groups in total. The van der Waals surface area contributed by atoms with Crippen LogP contribution in [0.4, 0.5) is 0 Å². The van der Waals surface area contributed by atoms with Crippen LogP contribution in [0.1, 0.15) is 21.6 Å². The second kappa shape index (κ2) is 5.30. The number of aromatic nitrogens is 1. The minimum atomic E-state index is -0.157. The van der Waals surface area contributed by atoms with E-state index in [0.717, 1.165) is 16.5 Å². The number of hydrogen-bond acceptors (Lipinski definition) is 1. The zero-order valence-electron chi connectivity index (χ0n) is 12.1. The van der Waals surface area contributed by atoms with Crippen molar-refractivity contribution in [3.63, 3.8) is 0 Å². The molecule has 2 nitrogen and oxygen atoms in total. The van der Waals surface area contributed by atoms with Gasteiger partial charge in [-0.05, 0) is 42.7 Å². The van der Waals surface area contributed by atoms with Gasteiger partial charge in [0.25, 0.3) is 5.78 Å². The van der Waals surface area contributed by atoms with E-state index in [1.54, 1.807) is 0 Å². The molecule has 0 saturated carbocycles. The molecule has 0 amide bonds. The van der Waals surface area contributed by atoms with Crippen molar-refractivity contribution in [2.24, 2.45) is 7.05 Å². The monoisotopic (exact) mass is 273 g/mol. The Morgan fingerprint density at radius 3 is 2.57 bits per heavy atom. The van der Waals surface area contributed by atoms with Crippen LogP contribution in [-0.4, -0.2) is 10.4 Å². The third-order valence-corrected chi connectivity index (χ3v) is 3.53. The topological polar surface area (TPSA) is 22.0 Å². The molecule has 0 aliphatic rings. The number of benzene rings is 2. The minimum Gasteiger partial charge on any atom is -0.340 e. The Balaban J connectivity index is 1.99. The Labute approximate surface area is 124 Å². The summed E-state index contributed by atoms with van der Waals surface area (Å²) in [5.41, 5.74) is 3.71. The molecule has 0 atom stereocenters.